The van der Waals surface area contributed by atoms with Gasteiger partial charge in [-0.15, -0.1) is 0 Å². The molecule has 1 saturated heterocycles. The largest absolute Gasteiger partial charge is 0.465 e. The van der Waals surface area contributed by atoms with Crippen molar-refractivity contribution in [2.24, 2.45) is 0 Å². The lowest BCUT2D eigenvalue weighted by atomic mass is 10.2. The molecule has 1 aliphatic heterocycles. The highest BCUT2D eigenvalue weighted by Gasteiger charge is 2.24. The van der Waals surface area contributed by atoms with E-state index in [2.05, 4.69) is 10.1 Å². The summed E-state index contributed by atoms with van der Waals surface area (Å²) < 4.78 is 9.78. The molecule has 1 fully saturated rings. The molecule has 1 aliphatic rings. The van der Waals surface area contributed by atoms with Gasteiger partial charge in [0.25, 0.3) is 0 Å². The Kier molecular flexibility index (Phi) is 4.17. The Hall–Kier alpha value is -2.04. The molecule has 1 N–H and O–H groups in total. The zero-order valence-electron chi connectivity index (χ0n) is 9.93. The Bertz CT molecular complexity index is 418. The Morgan fingerprint density at radius 3 is 2.83 bits per heavy atom. The minimum atomic E-state index is -0.475. The van der Waals surface area contributed by atoms with Gasteiger partial charge >= 0.3 is 12.1 Å². The van der Waals surface area contributed by atoms with Crippen LogP contribution >= 0.6 is 0 Å². The van der Waals surface area contributed by atoms with Gasteiger partial charge in [-0.3, -0.25) is 4.79 Å². The maximum absolute atomic E-state index is 11.5. The number of hydrogen-bond donors (Lipinski definition) is 1. The van der Waals surface area contributed by atoms with E-state index in [4.69, 9.17) is 4.74 Å². The van der Waals surface area contributed by atoms with Crippen molar-refractivity contribution < 1.29 is 19.1 Å². The highest BCUT2D eigenvalue weighted by atomic mass is 16.6. The van der Waals surface area contributed by atoms with E-state index in [-0.39, 0.29) is 25.0 Å². The minimum Gasteiger partial charge on any atom is -0.465 e. The molecule has 96 valence electrons. The van der Waals surface area contributed by atoms with Crippen molar-refractivity contribution in [3.05, 3.63) is 35.9 Å². The summed E-state index contributed by atoms with van der Waals surface area (Å²) in [5.74, 6) is -0.318. The molecule has 1 aromatic rings. The average molecular weight is 249 g/mol. The van der Waals surface area contributed by atoms with Crippen LogP contribution in [0.3, 0.4) is 0 Å². The van der Waals surface area contributed by atoms with Crippen molar-refractivity contribution in [3.63, 3.8) is 0 Å². The third kappa shape index (κ3) is 3.76. The zero-order valence-corrected chi connectivity index (χ0v) is 9.93. The highest BCUT2D eigenvalue weighted by molar-refractivity contribution is 5.74. The van der Waals surface area contributed by atoms with Gasteiger partial charge in [0.2, 0.25) is 0 Å². The van der Waals surface area contributed by atoms with Crippen LogP contribution in [0.4, 0.5) is 4.79 Å². The molecule has 0 bridgehead atoms. The normalized spacial score (nSPS) is 18.0. The second-order valence-corrected chi connectivity index (χ2v) is 4.10. The lowest BCUT2D eigenvalue weighted by Crippen LogP contribution is -2.29. The van der Waals surface area contributed by atoms with E-state index < -0.39 is 6.09 Å². The average Bonchev–Trinajstić information content (AvgIpc) is 2.76. The van der Waals surface area contributed by atoms with Crippen LogP contribution in [-0.4, -0.2) is 31.3 Å². The van der Waals surface area contributed by atoms with Gasteiger partial charge in [0, 0.05) is 6.42 Å². The summed E-state index contributed by atoms with van der Waals surface area (Å²) in [6.07, 6.45) is 0.373. The second-order valence-electron chi connectivity index (χ2n) is 4.10. The number of alkyl carbamates (subject to hydrolysis) is 1. The molecule has 1 aromatic carbocycles. The summed E-state index contributed by atoms with van der Waals surface area (Å²) >= 11 is 0. The van der Waals surface area contributed by atoms with Crippen molar-refractivity contribution in [2.75, 3.05) is 13.2 Å². The van der Waals surface area contributed by atoms with Gasteiger partial charge in [0.15, 0.2) is 0 Å². The standard InChI is InChI=1S/C13H15NO4/c15-12(8-11-9-18-13(16)14-11)17-7-6-10-4-2-1-3-5-10/h1-5,11H,6-9H2,(H,14,16). The van der Waals surface area contributed by atoms with Crippen LogP contribution in [0.25, 0.3) is 0 Å². The molecule has 0 spiro atoms. The monoisotopic (exact) mass is 249 g/mol. The lowest BCUT2D eigenvalue weighted by Gasteiger charge is -2.07. The Labute approximate surface area is 105 Å². The molecule has 1 amide bonds. The number of amides is 1. The fourth-order valence-corrected chi connectivity index (χ4v) is 1.72. The number of benzene rings is 1. The molecule has 1 heterocycles. The Balaban J connectivity index is 1.64. The maximum Gasteiger partial charge on any atom is 0.407 e. The van der Waals surface area contributed by atoms with Gasteiger partial charge in [-0.25, -0.2) is 4.79 Å². The molecule has 2 rings (SSSR count). The van der Waals surface area contributed by atoms with Crippen LogP contribution in [0, 0.1) is 0 Å². The minimum absolute atomic E-state index is 0.153. The third-order valence-electron chi connectivity index (χ3n) is 2.65. The molecular formula is C13H15NO4. The van der Waals surface area contributed by atoms with E-state index >= 15 is 0 Å². The van der Waals surface area contributed by atoms with Gasteiger partial charge in [0.05, 0.1) is 19.1 Å². The van der Waals surface area contributed by atoms with Gasteiger partial charge in [-0.1, -0.05) is 30.3 Å². The van der Waals surface area contributed by atoms with Crippen LogP contribution in [0.15, 0.2) is 30.3 Å². The number of carbonyl (C=O) groups excluding carboxylic acids is 2. The third-order valence-corrected chi connectivity index (χ3v) is 2.65. The first kappa shape index (κ1) is 12.4. The van der Waals surface area contributed by atoms with E-state index in [9.17, 15) is 9.59 Å². The number of ether oxygens (including phenoxy) is 2. The fourth-order valence-electron chi connectivity index (χ4n) is 1.72. The van der Waals surface area contributed by atoms with Crippen LogP contribution in [0.1, 0.15) is 12.0 Å². The SMILES string of the molecule is O=C(CC1COC(=O)N1)OCCc1ccccc1. The molecule has 1 unspecified atom stereocenters. The van der Waals surface area contributed by atoms with Gasteiger partial charge < -0.3 is 14.8 Å². The summed E-state index contributed by atoms with van der Waals surface area (Å²) in [5.41, 5.74) is 1.13. The molecule has 0 radical (unpaired) electrons. The predicted octanol–water partition coefficient (Wildman–Crippen LogP) is 1.27. The van der Waals surface area contributed by atoms with Crippen molar-refractivity contribution in [1.29, 1.82) is 0 Å². The summed E-state index contributed by atoms with van der Waals surface area (Å²) in [5, 5.41) is 2.53. The molecule has 0 aromatic heterocycles. The number of esters is 1. The Morgan fingerprint density at radius 2 is 2.17 bits per heavy atom. The second kappa shape index (κ2) is 6.05. The quantitative estimate of drug-likeness (QED) is 0.798. The van der Waals surface area contributed by atoms with Crippen molar-refractivity contribution in [1.82, 2.24) is 5.32 Å². The van der Waals surface area contributed by atoms with Gasteiger partial charge in [-0.2, -0.15) is 0 Å². The van der Waals surface area contributed by atoms with Gasteiger partial charge in [-0.05, 0) is 5.56 Å². The van der Waals surface area contributed by atoms with E-state index in [0.717, 1.165) is 5.56 Å². The van der Waals surface area contributed by atoms with Crippen molar-refractivity contribution in [2.45, 2.75) is 18.9 Å². The summed E-state index contributed by atoms with van der Waals surface area (Å²) in [6, 6.07) is 9.54. The van der Waals surface area contributed by atoms with Crippen LogP contribution in [0.2, 0.25) is 0 Å². The van der Waals surface area contributed by atoms with E-state index in [1.165, 1.54) is 0 Å². The van der Waals surface area contributed by atoms with Crippen LogP contribution in [0.5, 0.6) is 0 Å². The molecule has 5 nitrogen and oxygen atoms in total. The highest BCUT2D eigenvalue weighted by Crippen LogP contribution is 2.04. The smallest absolute Gasteiger partial charge is 0.407 e. The van der Waals surface area contributed by atoms with E-state index in [1.54, 1.807) is 0 Å². The zero-order chi connectivity index (χ0) is 12.8. The first-order chi connectivity index (χ1) is 8.74. The van der Waals surface area contributed by atoms with Gasteiger partial charge in [0.1, 0.15) is 6.61 Å². The molecule has 1 atom stereocenters. The summed E-state index contributed by atoms with van der Waals surface area (Å²) in [4.78, 5) is 22.2. The molecular weight excluding hydrogens is 234 g/mol. The number of hydrogen-bond acceptors (Lipinski definition) is 4. The van der Waals surface area contributed by atoms with Crippen LogP contribution < -0.4 is 5.32 Å². The van der Waals surface area contributed by atoms with Crippen LogP contribution in [-0.2, 0) is 20.7 Å². The number of nitrogens with one attached hydrogen (secondary N) is 1. The molecule has 18 heavy (non-hydrogen) atoms. The maximum atomic E-state index is 11.5. The molecule has 0 saturated carbocycles. The lowest BCUT2D eigenvalue weighted by molar-refractivity contribution is -0.144. The predicted molar refractivity (Wildman–Crippen MR) is 64.0 cm³/mol. The van der Waals surface area contributed by atoms with Crippen molar-refractivity contribution in [3.8, 4) is 0 Å². The number of carbonyl (C=O) groups is 2. The number of cyclic esters (lactones) is 1. The van der Waals surface area contributed by atoms with E-state index in [1.807, 2.05) is 30.3 Å². The first-order valence-corrected chi connectivity index (χ1v) is 5.87. The number of rotatable bonds is 5. The Morgan fingerprint density at radius 1 is 1.39 bits per heavy atom. The topological polar surface area (TPSA) is 64.6 Å². The summed E-state index contributed by atoms with van der Waals surface area (Å²) in [6.45, 7) is 0.580. The van der Waals surface area contributed by atoms with Crippen molar-refractivity contribution >= 4 is 12.1 Å². The molecule has 0 aliphatic carbocycles. The molecule has 5 heteroatoms. The summed E-state index contributed by atoms with van der Waals surface area (Å²) in [7, 11) is 0. The first-order valence-electron chi connectivity index (χ1n) is 5.87. The van der Waals surface area contributed by atoms with E-state index in [0.29, 0.717) is 13.0 Å². The fraction of sp³-hybridized carbons (Fsp3) is 0.385.